The molecule has 116 valence electrons. The predicted molar refractivity (Wildman–Crippen MR) is 82.1 cm³/mol. The zero-order valence-electron chi connectivity index (χ0n) is 12.9. The van der Waals surface area contributed by atoms with Crippen LogP contribution < -0.4 is 16.4 Å². The number of benzene rings is 1. The molecule has 2 amide bonds. The van der Waals surface area contributed by atoms with Crippen LogP contribution in [-0.2, 0) is 9.53 Å². The lowest BCUT2D eigenvalue weighted by Crippen LogP contribution is -2.40. The van der Waals surface area contributed by atoms with Crippen molar-refractivity contribution in [2.45, 2.75) is 32.4 Å². The van der Waals surface area contributed by atoms with Crippen LogP contribution in [0.15, 0.2) is 24.3 Å². The maximum atomic E-state index is 12.1. The highest BCUT2D eigenvalue weighted by Crippen LogP contribution is 2.12. The number of ether oxygens (including phenoxy) is 1. The molecule has 0 aliphatic carbocycles. The van der Waals surface area contributed by atoms with Gasteiger partial charge in [-0.2, -0.15) is 0 Å². The van der Waals surface area contributed by atoms with Gasteiger partial charge in [0.25, 0.3) is 5.91 Å². The van der Waals surface area contributed by atoms with Crippen LogP contribution in [0.2, 0.25) is 0 Å². The molecule has 0 aromatic heterocycles. The van der Waals surface area contributed by atoms with Crippen molar-refractivity contribution in [3.05, 3.63) is 29.8 Å². The molecule has 1 aromatic carbocycles. The molecule has 21 heavy (non-hydrogen) atoms. The van der Waals surface area contributed by atoms with Gasteiger partial charge >= 0.3 is 0 Å². The molecule has 0 fully saturated rings. The first-order valence-electron chi connectivity index (χ1n) is 6.71. The smallest absolute Gasteiger partial charge is 0.251 e. The zero-order chi connectivity index (χ0) is 16.0. The molecule has 0 saturated carbocycles. The summed E-state index contributed by atoms with van der Waals surface area (Å²) >= 11 is 0. The molecule has 1 unspecified atom stereocenters. The summed E-state index contributed by atoms with van der Waals surface area (Å²) in [4.78, 5) is 23.9. The standard InChI is InChI=1S/C15H23N3O3/c1-15(2,3)18-13(19)10-6-5-7-11(8-10)17-14(20)12(16)9-21-4/h5-8,12H,9,16H2,1-4H3,(H,17,20)(H,18,19). The molecule has 0 radical (unpaired) electrons. The van der Waals surface area contributed by atoms with Crippen molar-refractivity contribution in [1.29, 1.82) is 0 Å². The van der Waals surface area contributed by atoms with Crippen molar-refractivity contribution in [1.82, 2.24) is 5.32 Å². The monoisotopic (exact) mass is 293 g/mol. The van der Waals surface area contributed by atoms with Crippen molar-refractivity contribution in [2.75, 3.05) is 19.0 Å². The van der Waals surface area contributed by atoms with Crippen LogP contribution in [-0.4, -0.2) is 37.1 Å². The lowest BCUT2D eigenvalue weighted by Gasteiger charge is -2.20. The maximum absolute atomic E-state index is 12.1. The summed E-state index contributed by atoms with van der Waals surface area (Å²) in [5, 5.41) is 5.52. The van der Waals surface area contributed by atoms with Gasteiger partial charge in [0, 0.05) is 23.9 Å². The van der Waals surface area contributed by atoms with Gasteiger partial charge in [-0.1, -0.05) is 6.07 Å². The minimum absolute atomic E-state index is 0.135. The third-order valence-electron chi connectivity index (χ3n) is 2.56. The average Bonchev–Trinajstić information content (AvgIpc) is 2.37. The molecule has 6 nitrogen and oxygen atoms in total. The molecule has 0 aliphatic heterocycles. The van der Waals surface area contributed by atoms with Crippen LogP contribution in [0.1, 0.15) is 31.1 Å². The van der Waals surface area contributed by atoms with Gasteiger partial charge in [0.1, 0.15) is 6.04 Å². The summed E-state index contributed by atoms with van der Waals surface area (Å²) in [7, 11) is 1.48. The van der Waals surface area contributed by atoms with Gasteiger partial charge in [-0.3, -0.25) is 9.59 Å². The van der Waals surface area contributed by atoms with Crippen molar-refractivity contribution in [3.8, 4) is 0 Å². The Bertz CT molecular complexity index is 509. The lowest BCUT2D eigenvalue weighted by molar-refractivity contribution is -0.118. The van der Waals surface area contributed by atoms with Crippen molar-refractivity contribution in [2.24, 2.45) is 5.73 Å². The zero-order valence-corrected chi connectivity index (χ0v) is 12.9. The van der Waals surface area contributed by atoms with E-state index in [1.54, 1.807) is 24.3 Å². The highest BCUT2D eigenvalue weighted by atomic mass is 16.5. The fraction of sp³-hybridized carbons (Fsp3) is 0.467. The summed E-state index contributed by atoms with van der Waals surface area (Å²) in [6.07, 6.45) is 0. The third-order valence-corrected chi connectivity index (χ3v) is 2.56. The average molecular weight is 293 g/mol. The van der Waals surface area contributed by atoms with Crippen LogP contribution in [0.25, 0.3) is 0 Å². The van der Waals surface area contributed by atoms with E-state index >= 15 is 0 Å². The van der Waals surface area contributed by atoms with Crippen LogP contribution in [0, 0.1) is 0 Å². The summed E-state index contributed by atoms with van der Waals surface area (Å²) in [6, 6.07) is 5.95. The van der Waals surface area contributed by atoms with Crippen molar-refractivity contribution in [3.63, 3.8) is 0 Å². The van der Waals surface area contributed by atoms with E-state index < -0.39 is 6.04 Å². The first-order valence-corrected chi connectivity index (χ1v) is 6.71. The van der Waals surface area contributed by atoms with Gasteiger partial charge in [-0.25, -0.2) is 0 Å². The highest BCUT2D eigenvalue weighted by molar-refractivity contribution is 5.98. The Hall–Kier alpha value is -1.92. The number of nitrogens with two attached hydrogens (primary N) is 1. The second kappa shape index (κ2) is 7.19. The predicted octanol–water partition coefficient (Wildman–Crippen LogP) is 1.13. The Morgan fingerprint density at radius 1 is 1.33 bits per heavy atom. The van der Waals surface area contributed by atoms with Crippen LogP contribution in [0.3, 0.4) is 0 Å². The van der Waals surface area contributed by atoms with Crippen LogP contribution in [0.5, 0.6) is 0 Å². The molecule has 0 bridgehead atoms. The van der Waals surface area contributed by atoms with E-state index in [1.165, 1.54) is 7.11 Å². The maximum Gasteiger partial charge on any atom is 0.251 e. The fourth-order valence-corrected chi connectivity index (χ4v) is 1.64. The molecule has 6 heteroatoms. The van der Waals surface area contributed by atoms with Crippen molar-refractivity contribution >= 4 is 17.5 Å². The normalized spacial score (nSPS) is 12.6. The number of rotatable bonds is 5. The van der Waals surface area contributed by atoms with E-state index in [0.717, 1.165) is 0 Å². The minimum Gasteiger partial charge on any atom is -0.383 e. The van der Waals surface area contributed by atoms with E-state index in [2.05, 4.69) is 10.6 Å². The summed E-state index contributed by atoms with van der Waals surface area (Å²) < 4.78 is 4.83. The van der Waals surface area contributed by atoms with Gasteiger partial charge in [0.05, 0.1) is 6.61 Å². The molecular formula is C15H23N3O3. The van der Waals surface area contributed by atoms with E-state index in [4.69, 9.17) is 10.5 Å². The van der Waals surface area contributed by atoms with Crippen molar-refractivity contribution < 1.29 is 14.3 Å². The number of anilines is 1. The van der Waals surface area contributed by atoms with Gasteiger partial charge in [-0.05, 0) is 39.0 Å². The molecule has 1 rings (SSSR count). The van der Waals surface area contributed by atoms with Gasteiger partial charge < -0.3 is 21.1 Å². The number of hydrogen-bond acceptors (Lipinski definition) is 4. The highest BCUT2D eigenvalue weighted by Gasteiger charge is 2.17. The Labute approximate surface area is 125 Å². The molecule has 4 N–H and O–H groups in total. The van der Waals surface area contributed by atoms with Gasteiger partial charge in [-0.15, -0.1) is 0 Å². The number of amides is 2. The molecule has 0 aliphatic rings. The first kappa shape index (κ1) is 17.1. The van der Waals surface area contributed by atoms with E-state index in [9.17, 15) is 9.59 Å². The Morgan fingerprint density at radius 2 is 2.00 bits per heavy atom. The second-order valence-electron chi connectivity index (χ2n) is 5.84. The van der Waals surface area contributed by atoms with Gasteiger partial charge in [0.15, 0.2) is 0 Å². The summed E-state index contributed by atoms with van der Waals surface area (Å²) in [5.41, 5.74) is 6.31. The number of methoxy groups -OCH3 is 1. The number of carbonyl (C=O) groups excluding carboxylic acids is 2. The SMILES string of the molecule is COCC(N)C(=O)Nc1cccc(C(=O)NC(C)(C)C)c1. The quantitative estimate of drug-likeness (QED) is 0.758. The van der Waals surface area contributed by atoms with Crippen LogP contribution >= 0.6 is 0 Å². The molecule has 0 saturated heterocycles. The molecule has 0 spiro atoms. The van der Waals surface area contributed by atoms with Crippen LogP contribution in [0.4, 0.5) is 5.69 Å². The number of nitrogens with one attached hydrogen (secondary N) is 2. The Kier molecular flexibility index (Phi) is 5.87. The summed E-state index contributed by atoms with van der Waals surface area (Å²) in [6.45, 7) is 5.84. The largest absolute Gasteiger partial charge is 0.383 e. The molecule has 1 aromatic rings. The van der Waals surface area contributed by atoms with E-state index in [1.807, 2.05) is 20.8 Å². The Morgan fingerprint density at radius 3 is 2.57 bits per heavy atom. The van der Waals surface area contributed by atoms with Gasteiger partial charge in [0.2, 0.25) is 5.91 Å². The minimum atomic E-state index is -0.748. The fourth-order valence-electron chi connectivity index (χ4n) is 1.64. The number of carbonyl (C=O) groups is 2. The van der Waals surface area contributed by atoms with E-state index in [-0.39, 0.29) is 24.0 Å². The third kappa shape index (κ3) is 5.93. The summed E-state index contributed by atoms with van der Waals surface area (Å²) in [5.74, 6) is -0.551. The molecular weight excluding hydrogens is 270 g/mol. The molecule has 0 heterocycles. The Balaban J connectivity index is 2.77. The number of hydrogen-bond donors (Lipinski definition) is 3. The van der Waals surface area contributed by atoms with E-state index in [0.29, 0.717) is 11.3 Å². The first-order chi connectivity index (χ1) is 9.73. The lowest BCUT2D eigenvalue weighted by atomic mass is 10.1. The second-order valence-corrected chi connectivity index (χ2v) is 5.84. The molecule has 1 atom stereocenters. The topological polar surface area (TPSA) is 93.4 Å².